The van der Waals surface area contributed by atoms with Crippen LogP contribution < -0.4 is 5.32 Å². The van der Waals surface area contributed by atoms with E-state index in [9.17, 15) is 4.79 Å². The molecule has 0 aliphatic carbocycles. The Bertz CT molecular complexity index is 171. The largest absolute Gasteiger partial charge is 0.481 e. The van der Waals surface area contributed by atoms with Crippen LogP contribution >= 0.6 is 0 Å². The molecule has 12 heavy (non-hydrogen) atoms. The predicted molar refractivity (Wildman–Crippen MR) is 47.0 cm³/mol. The SMILES string of the molecule is O=C(O)C/C=C/C1CCCNC1. The summed E-state index contributed by atoms with van der Waals surface area (Å²) < 4.78 is 0. The molecule has 3 heteroatoms. The summed E-state index contributed by atoms with van der Waals surface area (Å²) >= 11 is 0. The number of carboxylic acids is 1. The monoisotopic (exact) mass is 169 g/mol. The van der Waals surface area contributed by atoms with Gasteiger partial charge in [0.2, 0.25) is 0 Å². The lowest BCUT2D eigenvalue weighted by atomic mass is 9.99. The van der Waals surface area contributed by atoms with Gasteiger partial charge in [0.25, 0.3) is 0 Å². The molecule has 0 amide bonds. The van der Waals surface area contributed by atoms with E-state index in [1.165, 1.54) is 12.8 Å². The van der Waals surface area contributed by atoms with Gasteiger partial charge in [-0.1, -0.05) is 12.2 Å². The normalized spacial score (nSPS) is 24.5. The van der Waals surface area contributed by atoms with Crippen molar-refractivity contribution in [2.24, 2.45) is 5.92 Å². The molecule has 0 aromatic carbocycles. The predicted octanol–water partition coefficient (Wildman–Crippen LogP) is 1.02. The van der Waals surface area contributed by atoms with E-state index in [1.54, 1.807) is 6.08 Å². The smallest absolute Gasteiger partial charge is 0.307 e. The first-order valence-corrected chi connectivity index (χ1v) is 4.38. The van der Waals surface area contributed by atoms with Gasteiger partial charge < -0.3 is 10.4 Å². The van der Waals surface area contributed by atoms with Gasteiger partial charge in [-0.3, -0.25) is 4.79 Å². The quantitative estimate of drug-likeness (QED) is 0.620. The van der Waals surface area contributed by atoms with E-state index >= 15 is 0 Å². The zero-order valence-corrected chi connectivity index (χ0v) is 7.12. The first kappa shape index (κ1) is 9.26. The summed E-state index contributed by atoms with van der Waals surface area (Å²) in [7, 11) is 0. The Morgan fingerprint density at radius 1 is 1.67 bits per heavy atom. The van der Waals surface area contributed by atoms with Crippen molar-refractivity contribution in [3.05, 3.63) is 12.2 Å². The van der Waals surface area contributed by atoms with Gasteiger partial charge >= 0.3 is 5.97 Å². The Kier molecular flexibility index (Phi) is 3.80. The number of piperidine rings is 1. The third-order valence-electron chi connectivity index (χ3n) is 2.04. The molecule has 1 heterocycles. The molecule has 0 aromatic heterocycles. The Morgan fingerprint density at radius 3 is 3.08 bits per heavy atom. The molecule has 1 rings (SSSR count). The molecule has 1 atom stereocenters. The summed E-state index contributed by atoms with van der Waals surface area (Å²) in [4.78, 5) is 10.2. The van der Waals surface area contributed by atoms with Crippen molar-refractivity contribution in [1.29, 1.82) is 0 Å². The van der Waals surface area contributed by atoms with Crippen LogP contribution in [0.25, 0.3) is 0 Å². The topological polar surface area (TPSA) is 49.3 Å². The zero-order valence-electron chi connectivity index (χ0n) is 7.12. The number of hydrogen-bond acceptors (Lipinski definition) is 2. The molecule has 1 aliphatic heterocycles. The fourth-order valence-corrected chi connectivity index (χ4v) is 1.40. The van der Waals surface area contributed by atoms with Crippen LogP contribution in [0.5, 0.6) is 0 Å². The number of carboxylic acid groups (broad SMARTS) is 1. The molecule has 68 valence electrons. The van der Waals surface area contributed by atoms with Crippen molar-refractivity contribution in [3.63, 3.8) is 0 Å². The minimum absolute atomic E-state index is 0.149. The second-order valence-electron chi connectivity index (χ2n) is 3.13. The Hall–Kier alpha value is -0.830. The maximum atomic E-state index is 10.2. The zero-order chi connectivity index (χ0) is 8.81. The van der Waals surface area contributed by atoms with Gasteiger partial charge in [0.15, 0.2) is 0 Å². The average Bonchev–Trinajstić information content (AvgIpc) is 2.05. The maximum absolute atomic E-state index is 10.2. The summed E-state index contributed by atoms with van der Waals surface area (Å²) in [5.74, 6) is -0.215. The van der Waals surface area contributed by atoms with Gasteiger partial charge in [-0.05, 0) is 25.3 Å². The first-order valence-electron chi connectivity index (χ1n) is 4.38. The highest BCUT2D eigenvalue weighted by Crippen LogP contribution is 2.11. The third kappa shape index (κ3) is 3.53. The van der Waals surface area contributed by atoms with Gasteiger partial charge in [0, 0.05) is 6.54 Å². The molecule has 1 aliphatic rings. The second kappa shape index (κ2) is 4.93. The van der Waals surface area contributed by atoms with Crippen LogP contribution in [0, 0.1) is 5.92 Å². The highest BCUT2D eigenvalue weighted by Gasteiger charge is 2.08. The van der Waals surface area contributed by atoms with Crippen molar-refractivity contribution in [3.8, 4) is 0 Å². The van der Waals surface area contributed by atoms with Gasteiger partial charge in [-0.25, -0.2) is 0 Å². The van der Waals surface area contributed by atoms with E-state index in [0.717, 1.165) is 13.1 Å². The maximum Gasteiger partial charge on any atom is 0.307 e. The van der Waals surface area contributed by atoms with Crippen LogP contribution in [-0.2, 0) is 4.79 Å². The molecule has 0 saturated carbocycles. The average molecular weight is 169 g/mol. The van der Waals surface area contributed by atoms with Crippen LogP contribution in [-0.4, -0.2) is 24.2 Å². The van der Waals surface area contributed by atoms with E-state index < -0.39 is 5.97 Å². The lowest BCUT2D eigenvalue weighted by Gasteiger charge is -2.19. The lowest BCUT2D eigenvalue weighted by Crippen LogP contribution is -2.28. The van der Waals surface area contributed by atoms with Crippen molar-refractivity contribution in [1.82, 2.24) is 5.32 Å². The minimum atomic E-state index is -0.755. The van der Waals surface area contributed by atoms with Crippen LogP contribution in [0.15, 0.2) is 12.2 Å². The molecule has 2 N–H and O–H groups in total. The summed E-state index contributed by atoms with van der Waals surface area (Å²) in [6.45, 7) is 2.10. The molecule has 1 saturated heterocycles. The lowest BCUT2D eigenvalue weighted by molar-refractivity contribution is -0.136. The molecule has 0 aromatic rings. The summed E-state index contributed by atoms with van der Waals surface area (Å²) in [5.41, 5.74) is 0. The van der Waals surface area contributed by atoms with Crippen LogP contribution in [0.3, 0.4) is 0 Å². The van der Waals surface area contributed by atoms with Crippen LogP contribution in [0.1, 0.15) is 19.3 Å². The van der Waals surface area contributed by atoms with Crippen LogP contribution in [0.4, 0.5) is 0 Å². The van der Waals surface area contributed by atoms with E-state index in [-0.39, 0.29) is 6.42 Å². The number of carbonyl (C=O) groups is 1. The second-order valence-corrected chi connectivity index (χ2v) is 3.13. The number of rotatable bonds is 3. The molecular formula is C9H15NO2. The number of aliphatic carboxylic acids is 1. The molecule has 0 spiro atoms. The molecule has 1 unspecified atom stereocenters. The van der Waals surface area contributed by atoms with Gasteiger partial charge in [0.05, 0.1) is 6.42 Å². The van der Waals surface area contributed by atoms with Crippen LogP contribution in [0.2, 0.25) is 0 Å². The Labute approximate surface area is 72.5 Å². The van der Waals surface area contributed by atoms with Gasteiger partial charge in [0.1, 0.15) is 0 Å². The first-order chi connectivity index (χ1) is 5.79. The highest BCUT2D eigenvalue weighted by atomic mass is 16.4. The molecule has 0 radical (unpaired) electrons. The Balaban J connectivity index is 2.19. The fraction of sp³-hybridized carbons (Fsp3) is 0.667. The summed E-state index contributed by atoms with van der Waals surface area (Å²) in [6, 6.07) is 0. The third-order valence-corrected chi connectivity index (χ3v) is 2.04. The van der Waals surface area contributed by atoms with E-state index in [0.29, 0.717) is 5.92 Å². The van der Waals surface area contributed by atoms with Gasteiger partial charge in [-0.15, -0.1) is 0 Å². The molecule has 0 bridgehead atoms. The minimum Gasteiger partial charge on any atom is -0.481 e. The van der Waals surface area contributed by atoms with Crippen molar-refractivity contribution < 1.29 is 9.90 Å². The molecule has 3 nitrogen and oxygen atoms in total. The van der Waals surface area contributed by atoms with Gasteiger partial charge in [-0.2, -0.15) is 0 Å². The molecular weight excluding hydrogens is 154 g/mol. The van der Waals surface area contributed by atoms with E-state index in [4.69, 9.17) is 5.11 Å². The van der Waals surface area contributed by atoms with Crippen molar-refractivity contribution in [2.45, 2.75) is 19.3 Å². The number of hydrogen-bond donors (Lipinski definition) is 2. The molecule has 1 fully saturated rings. The fourth-order valence-electron chi connectivity index (χ4n) is 1.40. The van der Waals surface area contributed by atoms with E-state index in [1.807, 2.05) is 6.08 Å². The standard InChI is InChI=1S/C9H15NO2/c11-9(12)5-1-3-8-4-2-6-10-7-8/h1,3,8,10H,2,4-7H2,(H,11,12)/b3-1+. The van der Waals surface area contributed by atoms with E-state index in [2.05, 4.69) is 5.32 Å². The number of nitrogens with one attached hydrogen (secondary N) is 1. The summed E-state index contributed by atoms with van der Waals surface area (Å²) in [6.07, 6.45) is 6.29. The summed E-state index contributed by atoms with van der Waals surface area (Å²) in [5, 5.41) is 11.7. The Morgan fingerprint density at radius 2 is 2.50 bits per heavy atom. The highest BCUT2D eigenvalue weighted by molar-refractivity contribution is 5.68. The van der Waals surface area contributed by atoms with Crippen molar-refractivity contribution >= 4 is 5.97 Å². The van der Waals surface area contributed by atoms with Crippen molar-refractivity contribution in [2.75, 3.05) is 13.1 Å².